The summed E-state index contributed by atoms with van der Waals surface area (Å²) in [7, 11) is -2.32. The molecular formula is C22H19BrN4O3S. The van der Waals surface area contributed by atoms with E-state index in [2.05, 4.69) is 26.2 Å². The highest BCUT2D eigenvalue weighted by Gasteiger charge is 2.22. The number of aromatic nitrogens is 2. The van der Waals surface area contributed by atoms with Crippen molar-refractivity contribution in [3.8, 4) is 0 Å². The molecule has 31 heavy (non-hydrogen) atoms. The predicted octanol–water partition coefficient (Wildman–Crippen LogP) is 3.85. The van der Waals surface area contributed by atoms with Gasteiger partial charge in [-0.05, 0) is 58.4 Å². The molecule has 0 aliphatic carbocycles. The molecule has 0 aliphatic rings. The van der Waals surface area contributed by atoms with Crippen molar-refractivity contribution >= 4 is 43.2 Å². The molecule has 0 atom stereocenters. The fraction of sp³-hybridized carbons (Fsp3) is 0.0909. The first kappa shape index (κ1) is 21.1. The standard InChI is InChI=1S/C22H19BrN4O3S/c1-26(19-7-3-2-4-8-19)31(29,30)20-9-5-6-16(12-20)22(28)24-13-18-15-27-14-17(23)10-11-21(27)25-18/h2-12,14-15H,13H2,1H3,(H,24,28). The van der Waals surface area contributed by atoms with Gasteiger partial charge in [-0.15, -0.1) is 0 Å². The maximum Gasteiger partial charge on any atom is 0.264 e. The zero-order chi connectivity index (χ0) is 22.0. The van der Waals surface area contributed by atoms with E-state index in [4.69, 9.17) is 0 Å². The normalized spacial score (nSPS) is 11.4. The summed E-state index contributed by atoms with van der Waals surface area (Å²) in [5.41, 5.74) is 2.26. The van der Waals surface area contributed by atoms with Crippen LogP contribution in [0.4, 0.5) is 5.69 Å². The van der Waals surface area contributed by atoms with Crippen LogP contribution in [0.15, 0.2) is 88.5 Å². The number of hydrogen-bond donors (Lipinski definition) is 1. The molecule has 0 saturated heterocycles. The van der Waals surface area contributed by atoms with Crippen molar-refractivity contribution < 1.29 is 13.2 Å². The second-order valence-electron chi connectivity index (χ2n) is 6.86. The number of halogens is 1. The number of benzene rings is 2. The van der Waals surface area contributed by atoms with E-state index in [9.17, 15) is 13.2 Å². The van der Waals surface area contributed by atoms with Crippen molar-refractivity contribution in [3.05, 3.63) is 94.9 Å². The first-order chi connectivity index (χ1) is 14.8. The van der Waals surface area contributed by atoms with E-state index in [0.29, 0.717) is 11.4 Å². The van der Waals surface area contributed by atoms with Gasteiger partial charge in [-0.2, -0.15) is 0 Å². The largest absolute Gasteiger partial charge is 0.346 e. The summed E-state index contributed by atoms with van der Waals surface area (Å²) in [5, 5.41) is 2.80. The van der Waals surface area contributed by atoms with E-state index < -0.39 is 10.0 Å². The summed E-state index contributed by atoms with van der Waals surface area (Å²) >= 11 is 3.41. The minimum atomic E-state index is -3.80. The average molecular weight is 499 g/mol. The summed E-state index contributed by atoms with van der Waals surface area (Å²) in [5.74, 6) is -0.377. The molecule has 4 aromatic rings. The van der Waals surface area contributed by atoms with Crippen molar-refractivity contribution in [1.29, 1.82) is 0 Å². The molecule has 1 N–H and O–H groups in total. The Balaban J connectivity index is 1.51. The average Bonchev–Trinajstić information content (AvgIpc) is 3.19. The highest BCUT2D eigenvalue weighted by Crippen LogP contribution is 2.22. The number of rotatable bonds is 6. The van der Waals surface area contributed by atoms with E-state index in [1.165, 1.54) is 23.5 Å². The molecule has 0 spiro atoms. The summed E-state index contributed by atoms with van der Waals surface area (Å²) < 4.78 is 30.0. The molecule has 9 heteroatoms. The number of para-hydroxylation sites is 1. The second kappa shape index (κ2) is 8.52. The summed E-state index contributed by atoms with van der Waals surface area (Å²) in [6, 6.07) is 18.5. The van der Waals surface area contributed by atoms with Crippen LogP contribution in [0.5, 0.6) is 0 Å². The smallest absolute Gasteiger partial charge is 0.264 e. The molecule has 0 aliphatic heterocycles. The number of imidazole rings is 1. The summed E-state index contributed by atoms with van der Waals surface area (Å²) in [6.07, 6.45) is 3.71. The quantitative estimate of drug-likeness (QED) is 0.437. The van der Waals surface area contributed by atoms with Gasteiger partial charge in [0.15, 0.2) is 0 Å². The Bertz CT molecular complexity index is 1350. The van der Waals surface area contributed by atoms with Crippen LogP contribution in [-0.4, -0.2) is 30.8 Å². The number of amides is 1. The van der Waals surface area contributed by atoms with Gasteiger partial charge in [0.1, 0.15) is 5.65 Å². The SMILES string of the molecule is CN(c1ccccc1)S(=O)(=O)c1cccc(C(=O)NCc2cn3cc(Br)ccc3n2)c1. The molecule has 7 nitrogen and oxygen atoms in total. The van der Waals surface area contributed by atoms with Gasteiger partial charge in [0.2, 0.25) is 0 Å². The lowest BCUT2D eigenvalue weighted by atomic mass is 10.2. The molecule has 0 saturated carbocycles. The Hall–Kier alpha value is -3.17. The van der Waals surface area contributed by atoms with E-state index >= 15 is 0 Å². The van der Waals surface area contributed by atoms with Gasteiger partial charge in [-0.25, -0.2) is 13.4 Å². The van der Waals surface area contributed by atoms with Gasteiger partial charge in [-0.3, -0.25) is 9.10 Å². The van der Waals surface area contributed by atoms with Crippen LogP contribution in [-0.2, 0) is 16.6 Å². The third kappa shape index (κ3) is 4.47. The molecular weight excluding hydrogens is 480 g/mol. The van der Waals surface area contributed by atoms with Crippen LogP contribution >= 0.6 is 15.9 Å². The van der Waals surface area contributed by atoms with Gasteiger partial charge in [0.25, 0.3) is 15.9 Å². The fourth-order valence-electron chi connectivity index (χ4n) is 3.11. The third-order valence-corrected chi connectivity index (χ3v) is 7.02. The van der Waals surface area contributed by atoms with Gasteiger partial charge >= 0.3 is 0 Å². The molecule has 0 radical (unpaired) electrons. The molecule has 2 aromatic heterocycles. The summed E-state index contributed by atoms with van der Waals surface area (Å²) in [6.45, 7) is 0.221. The van der Waals surface area contributed by atoms with E-state index in [1.54, 1.807) is 36.4 Å². The zero-order valence-corrected chi connectivity index (χ0v) is 19.0. The Morgan fingerprint density at radius 3 is 2.61 bits per heavy atom. The van der Waals surface area contributed by atoms with Crippen molar-refractivity contribution in [3.63, 3.8) is 0 Å². The van der Waals surface area contributed by atoms with Crippen LogP contribution in [0.1, 0.15) is 16.1 Å². The minimum absolute atomic E-state index is 0.0454. The monoisotopic (exact) mass is 498 g/mol. The van der Waals surface area contributed by atoms with Crippen LogP contribution in [0.3, 0.4) is 0 Å². The number of hydrogen-bond acceptors (Lipinski definition) is 4. The van der Waals surface area contributed by atoms with Crippen molar-refractivity contribution in [2.75, 3.05) is 11.4 Å². The maximum absolute atomic E-state index is 13.0. The fourth-order valence-corrected chi connectivity index (χ4v) is 4.70. The molecule has 0 unspecified atom stereocenters. The number of sulfonamides is 1. The van der Waals surface area contributed by atoms with Crippen molar-refractivity contribution in [2.45, 2.75) is 11.4 Å². The van der Waals surface area contributed by atoms with Crippen molar-refractivity contribution in [1.82, 2.24) is 14.7 Å². The Kier molecular flexibility index (Phi) is 5.79. The zero-order valence-electron chi connectivity index (χ0n) is 16.6. The lowest BCUT2D eigenvalue weighted by molar-refractivity contribution is 0.0950. The first-order valence-electron chi connectivity index (χ1n) is 9.40. The number of fused-ring (bicyclic) bond motifs is 1. The van der Waals surface area contributed by atoms with Gasteiger partial charge < -0.3 is 9.72 Å². The number of nitrogens with one attached hydrogen (secondary N) is 1. The number of anilines is 1. The maximum atomic E-state index is 13.0. The van der Waals surface area contributed by atoms with Crippen molar-refractivity contribution in [2.24, 2.45) is 0 Å². The van der Waals surface area contributed by atoms with E-state index in [0.717, 1.165) is 10.1 Å². The number of pyridine rings is 1. The van der Waals surface area contributed by atoms with Gasteiger partial charge in [-0.1, -0.05) is 24.3 Å². The van der Waals surface area contributed by atoms with E-state index in [-0.39, 0.29) is 22.9 Å². The number of carbonyl (C=O) groups excluding carboxylic acids is 1. The highest BCUT2D eigenvalue weighted by molar-refractivity contribution is 9.10. The number of nitrogens with zero attached hydrogens (tertiary/aromatic N) is 3. The first-order valence-corrected chi connectivity index (χ1v) is 11.6. The molecule has 2 aromatic carbocycles. The topological polar surface area (TPSA) is 83.8 Å². The minimum Gasteiger partial charge on any atom is -0.346 e. The van der Waals surface area contributed by atoms with E-state index in [1.807, 2.05) is 35.0 Å². The molecule has 158 valence electrons. The lowest BCUT2D eigenvalue weighted by Crippen LogP contribution is -2.27. The Morgan fingerprint density at radius 1 is 1.06 bits per heavy atom. The second-order valence-corrected chi connectivity index (χ2v) is 9.75. The molecule has 2 heterocycles. The summed E-state index contributed by atoms with van der Waals surface area (Å²) in [4.78, 5) is 17.1. The Labute approximate surface area is 188 Å². The number of carbonyl (C=O) groups is 1. The van der Waals surface area contributed by atoms with Gasteiger partial charge in [0.05, 0.1) is 22.8 Å². The Morgan fingerprint density at radius 2 is 1.84 bits per heavy atom. The predicted molar refractivity (Wildman–Crippen MR) is 123 cm³/mol. The van der Waals surface area contributed by atoms with Crippen LogP contribution in [0.25, 0.3) is 5.65 Å². The molecule has 0 bridgehead atoms. The lowest BCUT2D eigenvalue weighted by Gasteiger charge is -2.19. The highest BCUT2D eigenvalue weighted by atomic mass is 79.9. The third-order valence-electron chi connectivity index (χ3n) is 4.77. The molecule has 1 amide bonds. The van der Waals surface area contributed by atoms with Crippen LogP contribution in [0, 0.1) is 0 Å². The molecule has 4 rings (SSSR count). The van der Waals surface area contributed by atoms with Gasteiger partial charge in [0, 0.05) is 29.5 Å². The van der Waals surface area contributed by atoms with Crippen LogP contribution in [0.2, 0.25) is 0 Å². The van der Waals surface area contributed by atoms with Crippen LogP contribution < -0.4 is 9.62 Å². The molecule has 0 fully saturated rings.